The van der Waals surface area contributed by atoms with E-state index in [4.69, 9.17) is 11.6 Å². The van der Waals surface area contributed by atoms with Crippen LogP contribution in [0.2, 0.25) is 5.02 Å². The van der Waals surface area contributed by atoms with Gasteiger partial charge in [-0.25, -0.2) is 0 Å². The molecule has 0 spiro atoms. The first-order chi connectivity index (χ1) is 7.66. The van der Waals surface area contributed by atoms with Crippen molar-refractivity contribution in [2.75, 3.05) is 6.61 Å². The molecule has 0 atom stereocenters. The normalized spacial score (nSPS) is 17.9. The van der Waals surface area contributed by atoms with Crippen LogP contribution in [-0.4, -0.2) is 16.3 Å². The first kappa shape index (κ1) is 10.2. The molecular weight excluding hydrogens is 222 g/mol. The molecule has 1 aliphatic carbocycles. The molecular formula is C13H14ClNO. The molecule has 0 bridgehead atoms. The number of hydrogen-bond donors (Lipinski definition) is 1. The average Bonchev–Trinajstić information content (AvgIpc) is 3.00. The summed E-state index contributed by atoms with van der Waals surface area (Å²) in [5.74, 6) is 0. The Kier molecular flexibility index (Phi) is 2.07. The first-order valence-electron chi connectivity index (χ1n) is 5.52. The number of hydrogen-bond acceptors (Lipinski definition) is 1. The molecule has 0 amide bonds. The van der Waals surface area contributed by atoms with Gasteiger partial charge < -0.3 is 9.67 Å². The summed E-state index contributed by atoms with van der Waals surface area (Å²) in [5, 5.41) is 11.4. The molecule has 16 heavy (non-hydrogen) atoms. The van der Waals surface area contributed by atoms with Gasteiger partial charge in [-0.05, 0) is 36.6 Å². The van der Waals surface area contributed by atoms with Crippen LogP contribution < -0.4 is 0 Å². The first-order valence-corrected chi connectivity index (χ1v) is 5.90. The van der Waals surface area contributed by atoms with Crippen LogP contribution in [0.1, 0.15) is 18.4 Å². The second kappa shape index (κ2) is 3.25. The number of halogens is 1. The molecule has 84 valence electrons. The lowest BCUT2D eigenvalue weighted by Crippen LogP contribution is -2.11. The summed E-state index contributed by atoms with van der Waals surface area (Å²) in [5.41, 5.74) is 2.43. The lowest BCUT2D eigenvalue weighted by Gasteiger charge is -2.09. The van der Waals surface area contributed by atoms with Crippen LogP contribution in [0.3, 0.4) is 0 Å². The van der Waals surface area contributed by atoms with Gasteiger partial charge in [-0.3, -0.25) is 0 Å². The molecule has 3 heteroatoms. The summed E-state index contributed by atoms with van der Waals surface area (Å²) in [6.45, 7) is 0.235. The van der Waals surface area contributed by atoms with Crippen molar-refractivity contribution in [3.63, 3.8) is 0 Å². The van der Waals surface area contributed by atoms with Crippen molar-refractivity contribution in [2.24, 2.45) is 7.05 Å². The van der Waals surface area contributed by atoms with Gasteiger partial charge in [0, 0.05) is 34.6 Å². The number of fused-ring (bicyclic) bond motifs is 1. The van der Waals surface area contributed by atoms with Crippen LogP contribution in [0, 0.1) is 0 Å². The fourth-order valence-corrected chi connectivity index (χ4v) is 2.62. The van der Waals surface area contributed by atoms with Crippen LogP contribution in [0.25, 0.3) is 10.9 Å². The highest BCUT2D eigenvalue weighted by Crippen LogP contribution is 2.50. The Labute approximate surface area is 99.4 Å². The van der Waals surface area contributed by atoms with Crippen molar-refractivity contribution in [1.82, 2.24) is 4.57 Å². The Balaban J connectivity index is 2.29. The Bertz CT molecular complexity index is 554. The summed E-state index contributed by atoms with van der Waals surface area (Å²) in [7, 11) is 2.03. The van der Waals surface area contributed by atoms with Crippen LogP contribution in [0.5, 0.6) is 0 Å². The molecule has 0 unspecified atom stereocenters. The average molecular weight is 236 g/mol. The Morgan fingerprint density at radius 3 is 2.81 bits per heavy atom. The second-order valence-corrected chi connectivity index (χ2v) is 5.19. The Morgan fingerprint density at radius 2 is 2.19 bits per heavy atom. The van der Waals surface area contributed by atoms with Gasteiger partial charge in [-0.2, -0.15) is 0 Å². The van der Waals surface area contributed by atoms with Crippen molar-refractivity contribution >= 4 is 22.5 Å². The summed E-state index contributed by atoms with van der Waals surface area (Å²) in [6, 6.07) is 5.95. The molecule has 2 nitrogen and oxygen atoms in total. The third-order valence-electron chi connectivity index (χ3n) is 3.68. The monoisotopic (exact) mass is 235 g/mol. The van der Waals surface area contributed by atoms with Gasteiger partial charge in [0.25, 0.3) is 0 Å². The molecule has 1 N–H and O–H groups in total. The molecule has 1 heterocycles. The van der Waals surface area contributed by atoms with E-state index in [1.54, 1.807) is 0 Å². The molecule has 1 saturated carbocycles. The zero-order valence-corrected chi connectivity index (χ0v) is 9.96. The summed E-state index contributed by atoms with van der Waals surface area (Å²) < 4.78 is 2.11. The highest BCUT2D eigenvalue weighted by Gasteiger charge is 2.45. The number of aryl methyl sites for hydroxylation is 1. The highest BCUT2D eigenvalue weighted by atomic mass is 35.5. The summed E-state index contributed by atoms with van der Waals surface area (Å²) in [6.07, 6.45) is 4.29. The van der Waals surface area contributed by atoms with Crippen LogP contribution in [0.4, 0.5) is 0 Å². The van der Waals surface area contributed by atoms with E-state index in [0.717, 1.165) is 17.9 Å². The second-order valence-electron chi connectivity index (χ2n) is 4.75. The number of benzene rings is 1. The van der Waals surface area contributed by atoms with Crippen LogP contribution in [0.15, 0.2) is 24.4 Å². The number of aliphatic hydroxyl groups is 1. The van der Waals surface area contributed by atoms with Crippen molar-refractivity contribution in [3.05, 3.63) is 35.0 Å². The fourth-order valence-electron chi connectivity index (χ4n) is 2.45. The van der Waals surface area contributed by atoms with E-state index in [9.17, 15) is 5.11 Å². The lowest BCUT2D eigenvalue weighted by molar-refractivity contribution is 0.255. The van der Waals surface area contributed by atoms with E-state index in [2.05, 4.69) is 10.8 Å². The molecule has 1 aliphatic rings. The zero-order valence-electron chi connectivity index (χ0n) is 9.20. The SMILES string of the molecule is Cn1cc(C2(CO)CC2)c2cc(Cl)ccc21. The number of nitrogens with zero attached hydrogens (tertiary/aromatic N) is 1. The lowest BCUT2D eigenvalue weighted by atomic mass is 9.96. The molecule has 1 fully saturated rings. The van der Waals surface area contributed by atoms with E-state index in [-0.39, 0.29) is 12.0 Å². The quantitative estimate of drug-likeness (QED) is 0.851. The van der Waals surface area contributed by atoms with Gasteiger partial charge in [0.05, 0.1) is 6.61 Å². The molecule has 1 aromatic heterocycles. The minimum Gasteiger partial charge on any atom is -0.395 e. The van der Waals surface area contributed by atoms with Gasteiger partial charge in [0.1, 0.15) is 0 Å². The van der Waals surface area contributed by atoms with Crippen molar-refractivity contribution in [2.45, 2.75) is 18.3 Å². The molecule has 0 aliphatic heterocycles. The molecule has 2 aromatic rings. The topological polar surface area (TPSA) is 25.2 Å². The number of rotatable bonds is 2. The maximum absolute atomic E-state index is 9.51. The van der Waals surface area contributed by atoms with Gasteiger partial charge in [0.2, 0.25) is 0 Å². The smallest absolute Gasteiger partial charge is 0.0528 e. The van der Waals surface area contributed by atoms with E-state index in [1.807, 2.05) is 25.2 Å². The standard InChI is InChI=1S/C13H14ClNO/c1-15-7-11(13(8-16)4-5-13)10-6-9(14)2-3-12(10)15/h2-3,6-7,16H,4-5,8H2,1H3. The third kappa shape index (κ3) is 1.30. The zero-order chi connectivity index (χ0) is 11.3. The molecule has 0 saturated heterocycles. The Hall–Kier alpha value is -0.990. The maximum Gasteiger partial charge on any atom is 0.0528 e. The molecule has 3 rings (SSSR count). The minimum absolute atomic E-state index is 0.00416. The van der Waals surface area contributed by atoms with Crippen molar-refractivity contribution in [1.29, 1.82) is 0 Å². The minimum atomic E-state index is 0.00416. The molecule has 1 aromatic carbocycles. The van der Waals surface area contributed by atoms with Crippen LogP contribution >= 0.6 is 11.6 Å². The van der Waals surface area contributed by atoms with E-state index >= 15 is 0 Å². The molecule has 0 radical (unpaired) electrons. The summed E-state index contributed by atoms with van der Waals surface area (Å²) in [4.78, 5) is 0. The van der Waals surface area contributed by atoms with Gasteiger partial charge in [-0.15, -0.1) is 0 Å². The number of aromatic nitrogens is 1. The Morgan fingerprint density at radius 1 is 1.44 bits per heavy atom. The predicted molar refractivity (Wildman–Crippen MR) is 65.9 cm³/mol. The maximum atomic E-state index is 9.51. The predicted octanol–water partition coefficient (Wildman–Crippen LogP) is 2.86. The van der Waals surface area contributed by atoms with E-state index in [0.29, 0.717) is 0 Å². The van der Waals surface area contributed by atoms with E-state index < -0.39 is 0 Å². The fraction of sp³-hybridized carbons (Fsp3) is 0.385. The number of aliphatic hydroxyl groups excluding tert-OH is 1. The largest absolute Gasteiger partial charge is 0.395 e. The third-order valence-corrected chi connectivity index (χ3v) is 3.91. The van der Waals surface area contributed by atoms with E-state index in [1.165, 1.54) is 16.5 Å². The van der Waals surface area contributed by atoms with Crippen molar-refractivity contribution in [3.8, 4) is 0 Å². The van der Waals surface area contributed by atoms with Gasteiger partial charge in [-0.1, -0.05) is 11.6 Å². The van der Waals surface area contributed by atoms with Crippen molar-refractivity contribution < 1.29 is 5.11 Å². The highest BCUT2D eigenvalue weighted by molar-refractivity contribution is 6.31. The summed E-state index contributed by atoms with van der Waals surface area (Å²) >= 11 is 6.04. The van der Waals surface area contributed by atoms with Gasteiger partial charge in [0.15, 0.2) is 0 Å². The van der Waals surface area contributed by atoms with Crippen LogP contribution in [-0.2, 0) is 12.5 Å². The van der Waals surface area contributed by atoms with Gasteiger partial charge >= 0.3 is 0 Å².